The van der Waals surface area contributed by atoms with Crippen molar-refractivity contribution in [1.29, 1.82) is 0 Å². The summed E-state index contributed by atoms with van der Waals surface area (Å²) in [4.78, 5) is 19.3. The van der Waals surface area contributed by atoms with Crippen molar-refractivity contribution >= 4 is 5.91 Å². The van der Waals surface area contributed by atoms with E-state index in [9.17, 15) is 9.90 Å². The number of benzene rings is 2. The lowest BCUT2D eigenvalue weighted by atomic mass is 9.50. The first-order valence-corrected chi connectivity index (χ1v) is 20.2. The second kappa shape index (κ2) is 15.7. The zero-order valence-electron chi connectivity index (χ0n) is 30.5. The van der Waals surface area contributed by atoms with E-state index >= 15 is 0 Å². The van der Waals surface area contributed by atoms with Gasteiger partial charge in [-0.25, -0.2) is 0 Å². The van der Waals surface area contributed by atoms with E-state index in [2.05, 4.69) is 47.1 Å². The molecule has 49 heavy (non-hydrogen) atoms. The van der Waals surface area contributed by atoms with Crippen molar-refractivity contribution in [2.45, 2.75) is 153 Å². The Kier molecular flexibility index (Phi) is 11.1. The van der Waals surface area contributed by atoms with Gasteiger partial charge in [-0.1, -0.05) is 88.6 Å². The van der Waals surface area contributed by atoms with Crippen LogP contribution in [0.5, 0.6) is 17.2 Å². The number of carbonyl (C=O) groups is 1. The largest absolute Gasteiger partial charge is 0.508 e. The van der Waals surface area contributed by atoms with E-state index in [1.807, 2.05) is 0 Å². The molecule has 3 aliphatic carbocycles. The van der Waals surface area contributed by atoms with Crippen LogP contribution in [-0.2, 0) is 23.1 Å². The van der Waals surface area contributed by atoms with Crippen LogP contribution < -0.4 is 9.47 Å². The van der Waals surface area contributed by atoms with E-state index in [1.54, 1.807) is 13.2 Å². The van der Waals surface area contributed by atoms with Crippen LogP contribution in [0.15, 0.2) is 36.4 Å². The second-order valence-electron chi connectivity index (χ2n) is 16.2. The lowest BCUT2D eigenvalue weighted by Gasteiger charge is -2.60. The third kappa shape index (κ3) is 7.10. The number of unbranched alkanes of at least 4 members (excludes halogenated alkanes) is 9. The van der Waals surface area contributed by atoms with Gasteiger partial charge in [0, 0.05) is 48.2 Å². The van der Waals surface area contributed by atoms with Crippen LogP contribution in [0.4, 0.5) is 0 Å². The van der Waals surface area contributed by atoms with Crippen molar-refractivity contribution < 1.29 is 19.4 Å². The Morgan fingerprint density at radius 3 is 2.47 bits per heavy atom. The van der Waals surface area contributed by atoms with Crippen molar-refractivity contribution in [3.05, 3.63) is 53.1 Å². The number of carbonyl (C=O) groups excluding carboxylic acids is 1. The van der Waals surface area contributed by atoms with Gasteiger partial charge in [0.1, 0.15) is 11.9 Å². The Morgan fingerprint density at radius 2 is 1.73 bits per heavy atom. The van der Waals surface area contributed by atoms with Crippen LogP contribution in [0.1, 0.15) is 133 Å². The van der Waals surface area contributed by atoms with Crippen LogP contribution in [0, 0.1) is 11.8 Å². The molecule has 2 aromatic carbocycles. The highest BCUT2D eigenvalue weighted by Gasteiger charge is 2.67. The summed E-state index contributed by atoms with van der Waals surface area (Å²) >= 11 is 0. The van der Waals surface area contributed by atoms with Crippen molar-refractivity contribution in [3.63, 3.8) is 0 Å². The Bertz CT molecular complexity index is 1410. The summed E-state index contributed by atoms with van der Waals surface area (Å²) in [6.07, 6.45) is 21.7. The van der Waals surface area contributed by atoms with E-state index in [1.165, 1.54) is 75.5 Å². The zero-order valence-corrected chi connectivity index (χ0v) is 30.5. The number of piperidine rings is 1. The molecule has 5 atom stereocenters. The Hall–Kier alpha value is -2.73. The molecule has 1 spiro atoms. The number of nitrogens with zero attached hydrogens (tertiary/aromatic N) is 2. The number of phenols is 1. The highest BCUT2D eigenvalue weighted by molar-refractivity contribution is 5.77. The summed E-state index contributed by atoms with van der Waals surface area (Å²) in [7, 11) is 1.69. The molecule has 2 saturated carbocycles. The minimum atomic E-state index is -0.160. The zero-order chi connectivity index (χ0) is 33.8. The summed E-state index contributed by atoms with van der Waals surface area (Å²) in [5.41, 5.74) is 3.61. The van der Waals surface area contributed by atoms with Crippen LogP contribution in [0.25, 0.3) is 0 Å². The fraction of sp³-hybridized carbons (Fsp3) is 0.698. The molecule has 7 rings (SSSR count). The van der Waals surface area contributed by atoms with Gasteiger partial charge in [-0.05, 0) is 88.2 Å². The number of hydrogen-bond acceptors (Lipinski definition) is 5. The normalized spacial score (nSPS) is 26.7. The first kappa shape index (κ1) is 34.7. The standard InChI is InChI=1S/C43H62N2O4/c1-3-4-16-26-45(39(47)20-15-10-8-6-5-7-9-12-17-31-18-13-11-14-19-31)35-24-23-34-36-28-33-37(46)29-38(48-2)41-40(33)43(34,42(35)49-41)25-27-44(36)30-32-21-22-32/h11,13-14,18-19,29,32,34-36,42,46H,3-10,12,15-17,20-28,30H2,1-2H3/t34-,35-,36+,42-,43-/m0/s1. The number of ether oxygens (including phenoxy) is 2. The summed E-state index contributed by atoms with van der Waals surface area (Å²) in [5.74, 6) is 3.53. The number of amides is 1. The fourth-order valence-corrected chi connectivity index (χ4v) is 10.4. The number of aryl methyl sites for hydroxylation is 1. The van der Waals surface area contributed by atoms with Crippen LogP contribution in [0.2, 0.25) is 0 Å². The van der Waals surface area contributed by atoms with Crippen LogP contribution in [0.3, 0.4) is 0 Å². The average molecular weight is 671 g/mol. The maximum Gasteiger partial charge on any atom is 0.222 e. The van der Waals surface area contributed by atoms with E-state index < -0.39 is 0 Å². The molecular formula is C43H62N2O4. The van der Waals surface area contributed by atoms with Crippen molar-refractivity contribution in [2.24, 2.45) is 11.8 Å². The molecule has 3 fully saturated rings. The molecule has 0 radical (unpaired) electrons. The number of likely N-dealkylation sites (tertiary alicyclic amines) is 1. The molecule has 0 unspecified atom stereocenters. The van der Waals surface area contributed by atoms with Gasteiger partial charge in [-0.3, -0.25) is 9.69 Å². The van der Waals surface area contributed by atoms with Gasteiger partial charge in [0.05, 0.1) is 13.2 Å². The smallest absolute Gasteiger partial charge is 0.222 e. The first-order chi connectivity index (χ1) is 24.0. The first-order valence-electron chi connectivity index (χ1n) is 20.2. The van der Waals surface area contributed by atoms with E-state index in [0.29, 0.717) is 35.8 Å². The van der Waals surface area contributed by atoms with Crippen molar-refractivity contribution in [2.75, 3.05) is 26.7 Å². The molecule has 2 heterocycles. The third-order valence-electron chi connectivity index (χ3n) is 13.1. The minimum Gasteiger partial charge on any atom is -0.508 e. The Morgan fingerprint density at radius 1 is 0.980 bits per heavy atom. The SMILES string of the molecule is CCCCCN(C(=O)CCCCCCCCCCc1ccccc1)[C@H]1CC[C@H]2[C@H]3Cc4c(O)cc(OC)c5c4[C@@]2(CCN3CC2CC2)[C@H]1O5. The lowest BCUT2D eigenvalue weighted by Crippen LogP contribution is -2.69. The summed E-state index contributed by atoms with van der Waals surface area (Å²) in [6, 6.07) is 13.1. The quantitative estimate of drug-likeness (QED) is 0.151. The monoisotopic (exact) mass is 670 g/mol. The molecule has 5 aliphatic rings. The van der Waals surface area contributed by atoms with Crippen molar-refractivity contribution in [3.8, 4) is 17.2 Å². The molecule has 2 aromatic rings. The topological polar surface area (TPSA) is 62.2 Å². The molecule has 0 aromatic heterocycles. The molecule has 2 bridgehead atoms. The third-order valence-corrected chi connectivity index (χ3v) is 13.1. The average Bonchev–Trinajstić information content (AvgIpc) is 3.87. The number of methoxy groups -OCH3 is 1. The van der Waals surface area contributed by atoms with Crippen LogP contribution >= 0.6 is 0 Å². The summed E-state index contributed by atoms with van der Waals surface area (Å²) in [6.45, 7) is 5.34. The fourth-order valence-electron chi connectivity index (χ4n) is 10.4. The van der Waals surface area contributed by atoms with Gasteiger partial charge < -0.3 is 19.5 Å². The maximum atomic E-state index is 14.2. The van der Waals surface area contributed by atoms with Gasteiger partial charge in [0.2, 0.25) is 5.91 Å². The molecular weight excluding hydrogens is 608 g/mol. The summed E-state index contributed by atoms with van der Waals surface area (Å²) < 4.78 is 13.0. The van der Waals surface area contributed by atoms with E-state index in [0.717, 1.165) is 88.1 Å². The second-order valence-corrected chi connectivity index (χ2v) is 16.2. The van der Waals surface area contributed by atoms with Gasteiger partial charge in [-0.2, -0.15) is 0 Å². The number of hydrogen-bond donors (Lipinski definition) is 1. The van der Waals surface area contributed by atoms with Gasteiger partial charge in [-0.15, -0.1) is 0 Å². The van der Waals surface area contributed by atoms with E-state index in [-0.39, 0.29) is 17.6 Å². The lowest BCUT2D eigenvalue weighted by molar-refractivity contribution is -0.143. The minimum absolute atomic E-state index is 0.0670. The molecule has 1 saturated heterocycles. The van der Waals surface area contributed by atoms with Gasteiger partial charge >= 0.3 is 0 Å². The van der Waals surface area contributed by atoms with Gasteiger partial charge in [0.15, 0.2) is 11.5 Å². The number of aromatic hydroxyl groups is 1. The van der Waals surface area contributed by atoms with Gasteiger partial charge in [0.25, 0.3) is 0 Å². The predicted octanol–water partition coefficient (Wildman–Crippen LogP) is 8.99. The van der Waals surface area contributed by atoms with Crippen LogP contribution in [-0.4, -0.2) is 65.7 Å². The Labute approximate surface area is 295 Å². The molecule has 1 N–H and O–H groups in total. The highest BCUT2D eigenvalue weighted by Crippen LogP contribution is 2.66. The van der Waals surface area contributed by atoms with Crippen molar-refractivity contribution in [1.82, 2.24) is 9.80 Å². The Balaban J connectivity index is 0.994. The molecule has 2 aliphatic heterocycles. The molecule has 268 valence electrons. The maximum absolute atomic E-state index is 14.2. The highest BCUT2D eigenvalue weighted by atomic mass is 16.5. The number of rotatable bonds is 19. The van der Waals surface area contributed by atoms with E-state index in [4.69, 9.17) is 9.47 Å². The molecule has 1 amide bonds. The molecule has 6 heteroatoms. The summed E-state index contributed by atoms with van der Waals surface area (Å²) in [5, 5.41) is 11.4. The predicted molar refractivity (Wildman–Crippen MR) is 197 cm³/mol. The number of phenolic OH excluding ortho intramolecular Hbond substituents is 1. The molecule has 6 nitrogen and oxygen atoms in total.